The second-order valence-corrected chi connectivity index (χ2v) is 7.29. The fourth-order valence-electron chi connectivity index (χ4n) is 3.32. The lowest BCUT2D eigenvalue weighted by atomic mass is 9.95. The number of aromatic nitrogens is 1. The van der Waals surface area contributed by atoms with E-state index in [1.54, 1.807) is 66.7 Å². The first kappa shape index (κ1) is 19.2. The first-order valence-corrected chi connectivity index (χ1v) is 9.46. The molecule has 29 heavy (non-hydrogen) atoms. The number of nitrogens with zero attached hydrogens (tertiary/aromatic N) is 2. The second-order valence-electron chi connectivity index (χ2n) is 6.42. The minimum atomic E-state index is -0.876. The lowest BCUT2D eigenvalue weighted by Crippen LogP contribution is -2.30. The number of amides is 1. The van der Waals surface area contributed by atoms with Crippen molar-refractivity contribution in [3.8, 4) is 0 Å². The molecule has 0 radical (unpaired) electrons. The Morgan fingerprint density at radius 3 is 2.34 bits per heavy atom. The summed E-state index contributed by atoms with van der Waals surface area (Å²) >= 11 is 12.1. The van der Waals surface area contributed by atoms with Crippen molar-refractivity contribution in [2.75, 3.05) is 4.90 Å². The predicted molar refractivity (Wildman–Crippen MR) is 112 cm³/mol. The zero-order chi connectivity index (χ0) is 20.5. The number of pyridine rings is 1. The molecule has 7 heteroatoms. The van der Waals surface area contributed by atoms with Crippen LogP contribution < -0.4 is 4.90 Å². The standard InChI is InChI=1S/C22H14Cl2N2O3/c23-15-9-7-13(8-10-15)20(27)18-19(14-4-3-5-16(24)12-14)26(22(29)21(18)28)17-6-1-2-11-25-17/h1-12,19,27H/b20-18+/t19-/m0/s1. The first-order chi connectivity index (χ1) is 14.0. The van der Waals surface area contributed by atoms with Gasteiger partial charge >= 0.3 is 5.91 Å². The Morgan fingerprint density at radius 2 is 1.69 bits per heavy atom. The van der Waals surface area contributed by atoms with Crippen molar-refractivity contribution < 1.29 is 14.7 Å². The molecule has 0 saturated carbocycles. The Labute approximate surface area is 176 Å². The number of aliphatic hydroxyl groups is 1. The fraction of sp³-hybridized carbons (Fsp3) is 0.0455. The van der Waals surface area contributed by atoms with Crippen molar-refractivity contribution in [3.63, 3.8) is 0 Å². The van der Waals surface area contributed by atoms with E-state index in [9.17, 15) is 14.7 Å². The van der Waals surface area contributed by atoms with Gasteiger partial charge in [-0.05, 0) is 54.1 Å². The number of anilines is 1. The average molecular weight is 425 g/mol. The van der Waals surface area contributed by atoms with Crippen LogP contribution in [0.3, 0.4) is 0 Å². The van der Waals surface area contributed by atoms with E-state index in [-0.39, 0.29) is 11.3 Å². The van der Waals surface area contributed by atoms with Crippen LogP contribution in [-0.2, 0) is 9.59 Å². The summed E-state index contributed by atoms with van der Waals surface area (Å²) in [6, 6.07) is 17.4. The van der Waals surface area contributed by atoms with E-state index >= 15 is 0 Å². The molecule has 0 spiro atoms. The number of carbonyl (C=O) groups excluding carboxylic acids is 2. The van der Waals surface area contributed by atoms with Crippen LogP contribution in [0.25, 0.3) is 5.76 Å². The van der Waals surface area contributed by atoms with Gasteiger partial charge in [0.2, 0.25) is 0 Å². The van der Waals surface area contributed by atoms with Gasteiger partial charge < -0.3 is 5.11 Å². The van der Waals surface area contributed by atoms with Gasteiger partial charge in [0.25, 0.3) is 5.78 Å². The van der Waals surface area contributed by atoms with Crippen LogP contribution in [0.1, 0.15) is 17.2 Å². The number of hydrogen-bond donors (Lipinski definition) is 1. The van der Waals surface area contributed by atoms with E-state index in [2.05, 4.69) is 4.98 Å². The summed E-state index contributed by atoms with van der Waals surface area (Å²) in [5.74, 6) is -1.56. The number of halogens is 2. The molecule has 0 unspecified atom stereocenters. The third-order valence-electron chi connectivity index (χ3n) is 4.62. The SMILES string of the molecule is O=C1C(=O)N(c2ccccn2)[C@@H](c2cccc(Cl)c2)/C1=C(\O)c1ccc(Cl)cc1. The van der Waals surface area contributed by atoms with Gasteiger partial charge in [-0.1, -0.05) is 41.4 Å². The molecule has 1 N–H and O–H groups in total. The van der Waals surface area contributed by atoms with Crippen LogP contribution in [0.4, 0.5) is 5.82 Å². The normalized spacial score (nSPS) is 18.3. The Kier molecular flexibility index (Phi) is 5.09. The molecule has 1 amide bonds. The molecular formula is C22H14Cl2N2O3. The van der Waals surface area contributed by atoms with Gasteiger partial charge in [-0.25, -0.2) is 4.98 Å². The number of rotatable bonds is 3. The summed E-state index contributed by atoms with van der Waals surface area (Å²) in [5, 5.41) is 11.9. The smallest absolute Gasteiger partial charge is 0.301 e. The maximum atomic E-state index is 12.9. The van der Waals surface area contributed by atoms with E-state index in [0.29, 0.717) is 27.0 Å². The van der Waals surface area contributed by atoms with Crippen molar-refractivity contribution in [1.82, 2.24) is 4.98 Å². The van der Waals surface area contributed by atoms with Crippen LogP contribution in [-0.4, -0.2) is 21.8 Å². The van der Waals surface area contributed by atoms with Crippen molar-refractivity contribution in [1.29, 1.82) is 0 Å². The van der Waals surface area contributed by atoms with E-state index in [4.69, 9.17) is 23.2 Å². The lowest BCUT2D eigenvalue weighted by molar-refractivity contribution is -0.132. The van der Waals surface area contributed by atoms with Crippen LogP contribution in [0.15, 0.2) is 78.5 Å². The molecule has 1 fully saturated rings. The molecule has 4 rings (SSSR count). The minimum Gasteiger partial charge on any atom is -0.507 e. The van der Waals surface area contributed by atoms with E-state index in [1.165, 1.54) is 11.1 Å². The maximum absolute atomic E-state index is 12.9. The molecule has 1 aliphatic heterocycles. The molecule has 5 nitrogen and oxygen atoms in total. The highest BCUT2D eigenvalue weighted by Gasteiger charge is 2.47. The number of carbonyl (C=O) groups is 2. The summed E-state index contributed by atoms with van der Waals surface area (Å²) in [6.07, 6.45) is 1.53. The van der Waals surface area contributed by atoms with Crippen molar-refractivity contribution in [2.24, 2.45) is 0 Å². The van der Waals surface area contributed by atoms with Crippen LogP contribution in [0.2, 0.25) is 10.0 Å². The monoisotopic (exact) mass is 424 g/mol. The molecule has 0 bridgehead atoms. The summed E-state index contributed by atoms with van der Waals surface area (Å²) < 4.78 is 0. The molecule has 144 valence electrons. The van der Waals surface area contributed by atoms with Gasteiger partial charge in [-0.3, -0.25) is 14.5 Å². The Hall–Kier alpha value is -3.15. The summed E-state index contributed by atoms with van der Waals surface area (Å²) in [4.78, 5) is 31.3. The van der Waals surface area contributed by atoms with Crippen LogP contribution in [0.5, 0.6) is 0 Å². The van der Waals surface area contributed by atoms with Crippen molar-refractivity contribution in [3.05, 3.63) is 99.7 Å². The molecule has 3 aromatic rings. The van der Waals surface area contributed by atoms with Crippen LogP contribution in [0, 0.1) is 0 Å². The lowest BCUT2D eigenvalue weighted by Gasteiger charge is -2.24. The molecule has 1 atom stereocenters. The van der Waals surface area contributed by atoms with E-state index in [1.807, 2.05) is 0 Å². The van der Waals surface area contributed by atoms with Gasteiger partial charge in [0.1, 0.15) is 11.6 Å². The van der Waals surface area contributed by atoms with E-state index in [0.717, 1.165) is 0 Å². The summed E-state index contributed by atoms with van der Waals surface area (Å²) in [5.41, 5.74) is 0.920. The fourth-order valence-corrected chi connectivity index (χ4v) is 3.65. The summed E-state index contributed by atoms with van der Waals surface area (Å²) in [6.45, 7) is 0. The largest absolute Gasteiger partial charge is 0.507 e. The number of ketones is 1. The van der Waals surface area contributed by atoms with Crippen molar-refractivity contribution in [2.45, 2.75) is 6.04 Å². The average Bonchev–Trinajstić information content (AvgIpc) is 2.99. The molecular weight excluding hydrogens is 411 g/mol. The van der Waals surface area contributed by atoms with Gasteiger partial charge in [0, 0.05) is 21.8 Å². The van der Waals surface area contributed by atoms with Gasteiger partial charge in [-0.2, -0.15) is 0 Å². The molecule has 2 heterocycles. The van der Waals surface area contributed by atoms with Gasteiger partial charge in [0.05, 0.1) is 11.6 Å². The molecule has 2 aromatic carbocycles. The Bertz CT molecular complexity index is 1130. The third-order valence-corrected chi connectivity index (χ3v) is 5.11. The van der Waals surface area contributed by atoms with Crippen LogP contribution >= 0.6 is 23.2 Å². The number of hydrogen-bond acceptors (Lipinski definition) is 4. The number of aliphatic hydroxyl groups excluding tert-OH is 1. The Morgan fingerprint density at radius 1 is 0.931 bits per heavy atom. The maximum Gasteiger partial charge on any atom is 0.301 e. The first-order valence-electron chi connectivity index (χ1n) is 8.71. The number of benzene rings is 2. The highest BCUT2D eigenvalue weighted by Crippen LogP contribution is 2.42. The number of Topliss-reactive ketones (excluding diaryl/α,β-unsaturated/α-hetero) is 1. The predicted octanol–water partition coefficient (Wildman–Crippen LogP) is 5.01. The zero-order valence-electron chi connectivity index (χ0n) is 14.9. The Balaban J connectivity index is 1.95. The second kappa shape index (κ2) is 7.70. The highest BCUT2D eigenvalue weighted by atomic mass is 35.5. The molecule has 0 aliphatic carbocycles. The zero-order valence-corrected chi connectivity index (χ0v) is 16.4. The van der Waals surface area contributed by atoms with E-state index < -0.39 is 17.7 Å². The highest BCUT2D eigenvalue weighted by molar-refractivity contribution is 6.51. The molecule has 1 saturated heterocycles. The summed E-state index contributed by atoms with van der Waals surface area (Å²) in [7, 11) is 0. The topological polar surface area (TPSA) is 70.5 Å². The molecule has 1 aromatic heterocycles. The molecule has 1 aliphatic rings. The third kappa shape index (κ3) is 3.50. The van der Waals surface area contributed by atoms with Gasteiger partial charge in [-0.15, -0.1) is 0 Å². The minimum absolute atomic E-state index is 0.0368. The van der Waals surface area contributed by atoms with Crippen molar-refractivity contribution >= 4 is 46.5 Å². The van der Waals surface area contributed by atoms with Gasteiger partial charge in [0.15, 0.2) is 0 Å². The quantitative estimate of drug-likeness (QED) is 0.364.